The number of aryl methyl sites for hydroxylation is 2. The zero-order valence-corrected chi connectivity index (χ0v) is 9.16. The van der Waals surface area contributed by atoms with Crippen LogP contribution in [0.2, 0.25) is 0 Å². The first-order valence-corrected chi connectivity index (χ1v) is 4.74. The van der Waals surface area contributed by atoms with Crippen molar-refractivity contribution in [3.05, 3.63) is 34.9 Å². The number of benzene rings is 1. The average Bonchev–Trinajstić information content (AvgIpc) is 2.14. The highest BCUT2D eigenvalue weighted by Crippen LogP contribution is 2.11. The van der Waals surface area contributed by atoms with Crippen molar-refractivity contribution in [2.75, 3.05) is 6.61 Å². The standard InChI is InChI=1S/C12H14O3/c1-8-4-5-11(9(2)6-8)12(14)7-15-10(3)13/h4-6H,7H2,1-3H3. The summed E-state index contributed by atoms with van der Waals surface area (Å²) in [5.41, 5.74) is 2.63. The van der Waals surface area contributed by atoms with Gasteiger partial charge in [-0.05, 0) is 19.4 Å². The van der Waals surface area contributed by atoms with Crippen LogP contribution < -0.4 is 0 Å². The van der Waals surface area contributed by atoms with Crippen molar-refractivity contribution in [2.45, 2.75) is 20.8 Å². The summed E-state index contributed by atoms with van der Waals surface area (Å²) in [4.78, 5) is 22.1. The Hall–Kier alpha value is -1.64. The van der Waals surface area contributed by atoms with Crippen molar-refractivity contribution in [3.63, 3.8) is 0 Å². The molecule has 15 heavy (non-hydrogen) atoms. The summed E-state index contributed by atoms with van der Waals surface area (Å²) in [6, 6.07) is 5.56. The van der Waals surface area contributed by atoms with Crippen molar-refractivity contribution in [2.24, 2.45) is 0 Å². The van der Waals surface area contributed by atoms with Gasteiger partial charge in [-0.3, -0.25) is 9.59 Å². The summed E-state index contributed by atoms with van der Waals surface area (Å²) in [5.74, 6) is -0.601. The van der Waals surface area contributed by atoms with Gasteiger partial charge in [0.15, 0.2) is 6.61 Å². The molecule has 0 atom stereocenters. The third kappa shape index (κ3) is 3.20. The molecule has 1 aromatic carbocycles. The number of carbonyl (C=O) groups is 2. The van der Waals surface area contributed by atoms with Gasteiger partial charge in [0.2, 0.25) is 5.78 Å². The molecule has 1 rings (SSSR count). The molecule has 0 aliphatic carbocycles. The van der Waals surface area contributed by atoms with Crippen LogP contribution in [0, 0.1) is 13.8 Å². The number of esters is 1. The van der Waals surface area contributed by atoms with E-state index < -0.39 is 5.97 Å². The Labute approximate surface area is 89.1 Å². The predicted molar refractivity (Wildman–Crippen MR) is 56.9 cm³/mol. The van der Waals surface area contributed by atoms with E-state index in [4.69, 9.17) is 0 Å². The van der Waals surface area contributed by atoms with Gasteiger partial charge in [0.05, 0.1) is 0 Å². The second-order valence-corrected chi connectivity index (χ2v) is 3.52. The first kappa shape index (κ1) is 11.4. The normalized spacial score (nSPS) is 9.80. The maximum atomic E-state index is 11.6. The van der Waals surface area contributed by atoms with Crippen LogP contribution in [-0.2, 0) is 9.53 Å². The van der Waals surface area contributed by atoms with Gasteiger partial charge in [0, 0.05) is 12.5 Å². The van der Waals surface area contributed by atoms with Gasteiger partial charge in [0.25, 0.3) is 0 Å². The number of carbonyl (C=O) groups excluding carboxylic acids is 2. The lowest BCUT2D eigenvalue weighted by atomic mass is 10.0. The molecule has 0 aromatic heterocycles. The number of rotatable bonds is 3. The smallest absolute Gasteiger partial charge is 0.303 e. The van der Waals surface area contributed by atoms with Crippen LogP contribution in [0.15, 0.2) is 18.2 Å². The van der Waals surface area contributed by atoms with E-state index >= 15 is 0 Å². The molecule has 0 radical (unpaired) electrons. The van der Waals surface area contributed by atoms with Gasteiger partial charge >= 0.3 is 5.97 Å². The highest BCUT2D eigenvalue weighted by atomic mass is 16.5. The zero-order valence-electron chi connectivity index (χ0n) is 9.16. The van der Waals surface area contributed by atoms with Crippen LogP contribution in [0.5, 0.6) is 0 Å². The van der Waals surface area contributed by atoms with Crippen LogP contribution in [0.4, 0.5) is 0 Å². The number of hydrogen-bond donors (Lipinski definition) is 0. The van der Waals surface area contributed by atoms with Gasteiger partial charge in [-0.2, -0.15) is 0 Å². The van der Waals surface area contributed by atoms with Crippen molar-refractivity contribution < 1.29 is 14.3 Å². The predicted octanol–water partition coefficient (Wildman–Crippen LogP) is 2.05. The quantitative estimate of drug-likeness (QED) is 0.561. The van der Waals surface area contributed by atoms with Gasteiger partial charge < -0.3 is 4.74 Å². The Morgan fingerprint density at radius 2 is 1.93 bits per heavy atom. The molecule has 3 nitrogen and oxygen atoms in total. The summed E-state index contributed by atoms with van der Waals surface area (Å²) >= 11 is 0. The fourth-order valence-corrected chi connectivity index (χ4v) is 1.37. The van der Waals surface area contributed by atoms with Crippen molar-refractivity contribution >= 4 is 11.8 Å². The van der Waals surface area contributed by atoms with Crippen molar-refractivity contribution in [3.8, 4) is 0 Å². The van der Waals surface area contributed by atoms with Crippen LogP contribution in [0.3, 0.4) is 0 Å². The largest absolute Gasteiger partial charge is 0.457 e. The van der Waals surface area contributed by atoms with E-state index in [2.05, 4.69) is 4.74 Å². The second-order valence-electron chi connectivity index (χ2n) is 3.52. The van der Waals surface area contributed by atoms with Gasteiger partial charge in [-0.25, -0.2) is 0 Å². The molecule has 1 aromatic rings. The molecule has 0 fully saturated rings. The average molecular weight is 206 g/mol. The van der Waals surface area contributed by atoms with Gasteiger partial charge in [-0.1, -0.05) is 23.8 Å². The fraction of sp³-hybridized carbons (Fsp3) is 0.333. The molecule has 0 spiro atoms. The lowest BCUT2D eigenvalue weighted by Gasteiger charge is -2.05. The number of hydrogen-bond acceptors (Lipinski definition) is 3. The molecule has 3 heteroatoms. The molecule has 0 heterocycles. The monoisotopic (exact) mass is 206 g/mol. The Morgan fingerprint density at radius 1 is 1.27 bits per heavy atom. The molecular weight excluding hydrogens is 192 g/mol. The SMILES string of the molecule is CC(=O)OCC(=O)c1ccc(C)cc1C. The van der Waals surface area contributed by atoms with E-state index in [1.165, 1.54) is 6.92 Å². The maximum Gasteiger partial charge on any atom is 0.303 e. The van der Waals surface area contributed by atoms with Crippen LogP contribution in [0.1, 0.15) is 28.4 Å². The van der Waals surface area contributed by atoms with Crippen molar-refractivity contribution in [1.82, 2.24) is 0 Å². The third-order valence-electron chi connectivity index (χ3n) is 2.09. The van der Waals surface area contributed by atoms with Gasteiger partial charge in [-0.15, -0.1) is 0 Å². The van der Waals surface area contributed by atoms with Gasteiger partial charge in [0.1, 0.15) is 0 Å². The molecule has 0 N–H and O–H groups in total. The molecule has 80 valence electrons. The molecule has 0 aliphatic heterocycles. The lowest BCUT2D eigenvalue weighted by Crippen LogP contribution is -2.13. The first-order valence-electron chi connectivity index (χ1n) is 4.74. The van der Waals surface area contributed by atoms with Crippen molar-refractivity contribution in [1.29, 1.82) is 0 Å². The number of Topliss-reactive ketones (excluding diaryl/α,β-unsaturated/α-hetero) is 1. The molecular formula is C12H14O3. The second kappa shape index (κ2) is 4.73. The molecule has 0 saturated heterocycles. The van der Waals surface area contributed by atoms with Crippen LogP contribution in [-0.4, -0.2) is 18.4 Å². The van der Waals surface area contributed by atoms with E-state index in [9.17, 15) is 9.59 Å². The molecule has 0 aliphatic rings. The number of ketones is 1. The van der Waals surface area contributed by atoms with E-state index in [-0.39, 0.29) is 12.4 Å². The minimum Gasteiger partial charge on any atom is -0.457 e. The fourth-order valence-electron chi connectivity index (χ4n) is 1.37. The maximum absolute atomic E-state index is 11.6. The van der Waals surface area contributed by atoms with E-state index in [0.717, 1.165) is 11.1 Å². The highest BCUT2D eigenvalue weighted by Gasteiger charge is 2.10. The summed E-state index contributed by atoms with van der Waals surface area (Å²) in [6.45, 7) is 4.94. The zero-order chi connectivity index (χ0) is 11.4. The summed E-state index contributed by atoms with van der Waals surface area (Å²) in [6.07, 6.45) is 0. The summed E-state index contributed by atoms with van der Waals surface area (Å²) in [7, 11) is 0. The topological polar surface area (TPSA) is 43.4 Å². The Morgan fingerprint density at radius 3 is 2.47 bits per heavy atom. The number of ether oxygens (including phenoxy) is 1. The Kier molecular flexibility index (Phi) is 3.61. The minimum absolute atomic E-state index is 0.164. The first-order chi connectivity index (χ1) is 7.00. The van der Waals surface area contributed by atoms with E-state index in [1.807, 2.05) is 26.0 Å². The third-order valence-corrected chi connectivity index (χ3v) is 2.09. The van der Waals surface area contributed by atoms with Crippen LogP contribution >= 0.6 is 0 Å². The Bertz CT molecular complexity index is 394. The Balaban J connectivity index is 2.78. The molecule has 0 amide bonds. The van der Waals surface area contributed by atoms with E-state index in [1.54, 1.807) is 6.07 Å². The molecule has 0 bridgehead atoms. The lowest BCUT2D eigenvalue weighted by molar-refractivity contribution is -0.139. The minimum atomic E-state index is -0.437. The summed E-state index contributed by atoms with van der Waals surface area (Å²) in [5, 5.41) is 0. The highest BCUT2D eigenvalue weighted by molar-refractivity contribution is 5.99. The molecule has 0 saturated carbocycles. The molecule has 0 unspecified atom stereocenters. The summed E-state index contributed by atoms with van der Waals surface area (Å²) < 4.78 is 4.65. The van der Waals surface area contributed by atoms with E-state index in [0.29, 0.717) is 5.56 Å². The van der Waals surface area contributed by atoms with Crippen LogP contribution in [0.25, 0.3) is 0 Å².